The van der Waals surface area contributed by atoms with Crippen molar-refractivity contribution in [2.45, 2.75) is 57.9 Å². The van der Waals surface area contributed by atoms with Gasteiger partial charge in [0, 0.05) is 18.8 Å². The van der Waals surface area contributed by atoms with Gasteiger partial charge in [0.25, 0.3) is 0 Å². The highest BCUT2D eigenvalue weighted by Gasteiger charge is 2.30. The molecule has 1 fully saturated rings. The average molecular weight is 281 g/mol. The van der Waals surface area contributed by atoms with Crippen molar-refractivity contribution < 1.29 is 14.6 Å². The number of carbonyl (C=O) groups excluding carboxylic acids is 1. The molecular weight excluding hydrogens is 258 g/mol. The molecule has 1 aromatic rings. The van der Waals surface area contributed by atoms with E-state index in [0.29, 0.717) is 24.4 Å². The zero-order valence-electron chi connectivity index (χ0n) is 12.2. The van der Waals surface area contributed by atoms with Crippen molar-refractivity contribution in [3.63, 3.8) is 0 Å². The first-order chi connectivity index (χ1) is 9.24. The minimum absolute atomic E-state index is 0.152. The summed E-state index contributed by atoms with van der Waals surface area (Å²) in [7, 11) is 0. The Balaban J connectivity index is 1.94. The van der Waals surface area contributed by atoms with Crippen molar-refractivity contribution in [3.05, 3.63) is 18.0 Å². The van der Waals surface area contributed by atoms with Gasteiger partial charge in [-0.05, 0) is 39.5 Å². The number of hydrogen-bond acceptors (Lipinski definition) is 5. The van der Waals surface area contributed by atoms with Gasteiger partial charge in [0.2, 0.25) is 0 Å². The number of hydrogen-bond donors (Lipinski definition) is 2. The van der Waals surface area contributed by atoms with Crippen LogP contribution in [0.5, 0.6) is 0 Å². The monoisotopic (exact) mass is 281 g/mol. The van der Waals surface area contributed by atoms with Crippen LogP contribution in [0.15, 0.2) is 12.4 Å². The third-order valence-corrected chi connectivity index (χ3v) is 3.39. The van der Waals surface area contributed by atoms with E-state index in [1.165, 1.54) is 6.20 Å². The molecule has 0 spiro atoms. The first kappa shape index (κ1) is 15.0. The smallest absolute Gasteiger partial charge is 0.341 e. The maximum atomic E-state index is 11.9. The molecule has 0 bridgehead atoms. The van der Waals surface area contributed by atoms with Gasteiger partial charge in [-0.15, -0.1) is 0 Å². The van der Waals surface area contributed by atoms with Gasteiger partial charge in [-0.3, -0.25) is 4.68 Å². The highest BCUT2D eigenvalue weighted by atomic mass is 16.6. The maximum absolute atomic E-state index is 11.9. The Morgan fingerprint density at radius 3 is 2.80 bits per heavy atom. The Bertz CT molecular complexity index is 468. The van der Waals surface area contributed by atoms with Gasteiger partial charge in [0.15, 0.2) is 0 Å². The van der Waals surface area contributed by atoms with Gasteiger partial charge in [-0.1, -0.05) is 0 Å². The summed E-state index contributed by atoms with van der Waals surface area (Å²) in [6, 6.07) is -0.152. The molecule has 1 heterocycles. The molecule has 3 N–H and O–H groups in total. The lowest BCUT2D eigenvalue weighted by molar-refractivity contribution is 0.00693. The third-order valence-electron chi connectivity index (χ3n) is 3.39. The number of aromatic nitrogens is 2. The molecule has 6 heteroatoms. The molecule has 1 aliphatic rings. The van der Waals surface area contributed by atoms with E-state index in [4.69, 9.17) is 10.5 Å². The molecule has 20 heavy (non-hydrogen) atoms. The molecule has 112 valence electrons. The van der Waals surface area contributed by atoms with Gasteiger partial charge in [-0.2, -0.15) is 5.10 Å². The Kier molecular flexibility index (Phi) is 4.15. The Labute approximate surface area is 118 Å². The summed E-state index contributed by atoms with van der Waals surface area (Å²) in [4.78, 5) is 11.9. The van der Waals surface area contributed by atoms with Crippen molar-refractivity contribution >= 4 is 5.97 Å². The highest BCUT2D eigenvalue weighted by molar-refractivity contribution is 5.89. The van der Waals surface area contributed by atoms with E-state index in [1.54, 1.807) is 10.9 Å². The molecule has 0 amide bonds. The number of aliphatic hydroxyl groups excluding tert-OH is 1. The Morgan fingerprint density at radius 2 is 2.25 bits per heavy atom. The predicted octanol–water partition coefficient (Wildman–Crippen LogP) is 0.937. The van der Waals surface area contributed by atoms with E-state index in [0.717, 1.165) is 6.42 Å². The maximum Gasteiger partial charge on any atom is 0.341 e. The summed E-state index contributed by atoms with van der Waals surface area (Å²) in [6.07, 6.45) is 4.23. The first-order valence-corrected chi connectivity index (χ1v) is 6.94. The third kappa shape index (κ3) is 3.80. The predicted molar refractivity (Wildman–Crippen MR) is 74.1 cm³/mol. The van der Waals surface area contributed by atoms with E-state index >= 15 is 0 Å². The number of nitrogens with zero attached hydrogens (tertiary/aromatic N) is 2. The minimum atomic E-state index is -0.512. The molecule has 6 nitrogen and oxygen atoms in total. The minimum Gasteiger partial charge on any atom is -0.456 e. The number of ether oxygens (including phenoxy) is 1. The van der Waals surface area contributed by atoms with Crippen LogP contribution in [0.25, 0.3) is 0 Å². The van der Waals surface area contributed by atoms with Crippen LogP contribution in [-0.2, 0) is 11.3 Å². The molecule has 0 aliphatic heterocycles. The molecule has 1 unspecified atom stereocenters. The molecule has 0 saturated heterocycles. The molecular formula is C14H23N3O3. The van der Waals surface area contributed by atoms with Crippen molar-refractivity contribution in [3.8, 4) is 0 Å². The van der Waals surface area contributed by atoms with Gasteiger partial charge in [0.05, 0.1) is 17.9 Å². The van der Waals surface area contributed by atoms with Crippen molar-refractivity contribution in [2.24, 2.45) is 11.7 Å². The fourth-order valence-corrected chi connectivity index (χ4v) is 2.47. The fourth-order valence-electron chi connectivity index (χ4n) is 2.47. The lowest BCUT2D eigenvalue weighted by Crippen LogP contribution is -2.28. The number of rotatable bonds is 3. The molecule has 0 radical (unpaired) electrons. The second-order valence-electron chi connectivity index (χ2n) is 6.52. The van der Waals surface area contributed by atoms with Crippen LogP contribution in [-0.4, -0.2) is 38.6 Å². The standard InChI is InChI=1S/C14H23N3O3/c1-14(2,3)20-13(19)10-6-16-17(8-10)7-9-4-11(15)12(18)5-9/h6,8-9,11-12,18H,4-5,7,15H2,1-3H3/t9?,11-,12-/m1/s1. The van der Waals surface area contributed by atoms with Crippen LogP contribution in [0.4, 0.5) is 0 Å². The molecule has 1 aliphatic carbocycles. The van der Waals surface area contributed by atoms with E-state index in [-0.39, 0.29) is 12.0 Å². The summed E-state index contributed by atoms with van der Waals surface area (Å²) in [6.45, 7) is 6.15. The zero-order valence-corrected chi connectivity index (χ0v) is 12.2. The number of nitrogens with two attached hydrogens (primary N) is 1. The van der Waals surface area contributed by atoms with Crippen LogP contribution >= 0.6 is 0 Å². The highest BCUT2D eigenvalue weighted by Crippen LogP contribution is 2.26. The lowest BCUT2D eigenvalue weighted by Gasteiger charge is -2.18. The molecule has 3 atom stereocenters. The Morgan fingerprint density at radius 1 is 1.55 bits per heavy atom. The average Bonchev–Trinajstić information content (AvgIpc) is 2.85. The van der Waals surface area contributed by atoms with E-state index in [9.17, 15) is 9.90 Å². The lowest BCUT2D eigenvalue weighted by atomic mass is 10.1. The van der Waals surface area contributed by atoms with Gasteiger partial charge >= 0.3 is 5.97 Å². The SMILES string of the molecule is CC(C)(C)OC(=O)c1cnn(CC2C[C@@H](N)[C@H](O)C2)c1. The number of aliphatic hydroxyl groups is 1. The normalized spacial score (nSPS) is 26.8. The van der Waals surface area contributed by atoms with Crippen molar-refractivity contribution in [2.75, 3.05) is 0 Å². The second kappa shape index (κ2) is 5.54. The van der Waals surface area contributed by atoms with Crippen LogP contribution in [0.1, 0.15) is 44.0 Å². The van der Waals surface area contributed by atoms with Crippen LogP contribution in [0, 0.1) is 5.92 Å². The summed E-state index contributed by atoms with van der Waals surface area (Å²) in [5.41, 5.74) is 5.73. The molecule has 2 rings (SSSR count). The fraction of sp³-hybridized carbons (Fsp3) is 0.714. The van der Waals surface area contributed by atoms with Crippen molar-refractivity contribution in [1.82, 2.24) is 9.78 Å². The van der Waals surface area contributed by atoms with Gasteiger partial charge in [-0.25, -0.2) is 4.79 Å². The topological polar surface area (TPSA) is 90.4 Å². The van der Waals surface area contributed by atoms with Crippen LogP contribution < -0.4 is 5.73 Å². The molecule has 1 aromatic heterocycles. The van der Waals surface area contributed by atoms with E-state index in [1.807, 2.05) is 20.8 Å². The summed E-state index contributed by atoms with van der Waals surface area (Å²) >= 11 is 0. The van der Waals surface area contributed by atoms with Crippen molar-refractivity contribution in [1.29, 1.82) is 0 Å². The molecule has 0 aromatic carbocycles. The van der Waals surface area contributed by atoms with Crippen LogP contribution in [0.3, 0.4) is 0 Å². The summed E-state index contributed by atoms with van der Waals surface area (Å²) in [5.74, 6) is -0.0710. The first-order valence-electron chi connectivity index (χ1n) is 6.94. The summed E-state index contributed by atoms with van der Waals surface area (Å²) < 4.78 is 7.01. The van der Waals surface area contributed by atoms with E-state index in [2.05, 4.69) is 5.10 Å². The quantitative estimate of drug-likeness (QED) is 0.805. The largest absolute Gasteiger partial charge is 0.456 e. The molecule has 1 saturated carbocycles. The van der Waals surface area contributed by atoms with Gasteiger partial charge in [0.1, 0.15) is 5.60 Å². The second-order valence-corrected chi connectivity index (χ2v) is 6.52. The van der Waals surface area contributed by atoms with E-state index < -0.39 is 11.7 Å². The van der Waals surface area contributed by atoms with Gasteiger partial charge < -0.3 is 15.6 Å². The summed E-state index contributed by atoms with van der Waals surface area (Å²) in [5, 5.41) is 13.8. The zero-order chi connectivity index (χ0) is 14.9. The Hall–Kier alpha value is -1.40. The number of carbonyl (C=O) groups is 1. The number of esters is 1. The van der Waals surface area contributed by atoms with Crippen LogP contribution in [0.2, 0.25) is 0 Å².